The fourth-order valence-corrected chi connectivity index (χ4v) is 5.94. The standard InChI is InChI=1S/C35H25ClN4O4S/c1-21(45-35-39-31(19-22-8-7-9-24(36)18-22)33(42)40(35)26-10-3-2-4-11-26)32(41)37-25-16-14-23(15-17-25)30-20-28(34(43)44)27-12-5-6-13-29(27)38-30/h2-21H,1H3,(H,37,41)(H,43,44)/b31-19-. The fraction of sp³-hybridized carbons (Fsp3) is 0.0571. The Labute approximate surface area is 268 Å². The van der Waals surface area contributed by atoms with Gasteiger partial charge in [0, 0.05) is 21.7 Å². The van der Waals surface area contributed by atoms with Crippen LogP contribution in [0.3, 0.4) is 0 Å². The van der Waals surface area contributed by atoms with E-state index in [4.69, 9.17) is 11.6 Å². The molecule has 45 heavy (non-hydrogen) atoms. The van der Waals surface area contributed by atoms with Crippen molar-refractivity contribution in [1.29, 1.82) is 0 Å². The number of carboxylic acids is 1. The quantitative estimate of drug-likeness (QED) is 0.177. The molecule has 222 valence electrons. The number of nitrogens with zero attached hydrogens (tertiary/aromatic N) is 3. The third-order valence-electron chi connectivity index (χ3n) is 7.04. The summed E-state index contributed by atoms with van der Waals surface area (Å²) in [6.07, 6.45) is 1.67. The van der Waals surface area contributed by atoms with E-state index in [9.17, 15) is 19.5 Å². The molecule has 8 nitrogen and oxygen atoms in total. The summed E-state index contributed by atoms with van der Waals surface area (Å²) in [6.45, 7) is 1.75. The summed E-state index contributed by atoms with van der Waals surface area (Å²) >= 11 is 7.31. The Bertz CT molecular complexity index is 2010. The number of aliphatic imine (C=N–C) groups is 1. The molecule has 0 aliphatic carbocycles. The van der Waals surface area contributed by atoms with Crippen LogP contribution in [0.15, 0.2) is 120 Å². The first-order valence-corrected chi connectivity index (χ1v) is 15.2. The van der Waals surface area contributed by atoms with Crippen LogP contribution < -0.4 is 10.2 Å². The van der Waals surface area contributed by atoms with Gasteiger partial charge < -0.3 is 10.4 Å². The first-order chi connectivity index (χ1) is 21.8. The molecule has 4 aromatic carbocycles. The number of aromatic carboxylic acids is 1. The summed E-state index contributed by atoms with van der Waals surface area (Å²) in [7, 11) is 0. The van der Waals surface area contributed by atoms with E-state index < -0.39 is 11.2 Å². The van der Waals surface area contributed by atoms with Crippen molar-refractivity contribution >= 4 is 74.7 Å². The molecule has 1 unspecified atom stereocenters. The Morgan fingerprint density at radius 3 is 2.40 bits per heavy atom. The summed E-state index contributed by atoms with van der Waals surface area (Å²) < 4.78 is 0. The average molecular weight is 633 g/mol. The molecule has 0 fully saturated rings. The lowest BCUT2D eigenvalue weighted by Gasteiger charge is -2.20. The zero-order valence-electron chi connectivity index (χ0n) is 23.8. The predicted octanol–water partition coefficient (Wildman–Crippen LogP) is 7.76. The fourth-order valence-electron chi connectivity index (χ4n) is 4.81. The first-order valence-electron chi connectivity index (χ1n) is 13.9. The van der Waals surface area contributed by atoms with Gasteiger partial charge in [0.05, 0.1) is 27.7 Å². The number of benzene rings is 4. The van der Waals surface area contributed by atoms with Gasteiger partial charge in [-0.15, -0.1) is 0 Å². The maximum absolute atomic E-state index is 13.5. The molecule has 2 heterocycles. The van der Waals surface area contributed by atoms with Gasteiger partial charge in [0.2, 0.25) is 5.91 Å². The van der Waals surface area contributed by atoms with E-state index >= 15 is 0 Å². The number of para-hydroxylation sites is 2. The molecule has 1 aromatic heterocycles. The molecule has 2 N–H and O–H groups in total. The smallest absolute Gasteiger partial charge is 0.336 e. The number of hydrogen-bond donors (Lipinski definition) is 2. The van der Waals surface area contributed by atoms with Crippen molar-refractivity contribution in [3.8, 4) is 11.3 Å². The Balaban J connectivity index is 1.20. The Kier molecular flexibility index (Phi) is 8.46. The number of hydrogen-bond acceptors (Lipinski definition) is 6. The van der Waals surface area contributed by atoms with E-state index in [2.05, 4.69) is 15.3 Å². The van der Waals surface area contributed by atoms with Gasteiger partial charge in [0.25, 0.3) is 5.91 Å². The molecule has 0 saturated heterocycles. The van der Waals surface area contributed by atoms with Crippen LogP contribution in [0, 0.1) is 0 Å². The summed E-state index contributed by atoms with van der Waals surface area (Å²) in [5.74, 6) is -1.61. The van der Waals surface area contributed by atoms with Crippen molar-refractivity contribution < 1.29 is 19.5 Å². The van der Waals surface area contributed by atoms with Crippen LogP contribution in [-0.2, 0) is 9.59 Å². The number of halogens is 1. The van der Waals surface area contributed by atoms with Gasteiger partial charge >= 0.3 is 5.97 Å². The van der Waals surface area contributed by atoms with Gasteiger partial charge in [-0.2, -0.15) is 0 Å². The molecule has 2 amide bonds. The van der Waals surface area contributed by atoms with Gasteiger partial charge in [-0.1, -0.05) is 84.0 Å². The summed E-state index contributed by atoms with van der Waals surface area (Å²) in [6, 6.07) is 32.0. The van der Waals surface area contributed by atoms with Crippen LogP contribution in [0.5, 0.6) is 0 Å². The minimum Gasteiger partial charge on any atom is -0.478 e. The molecule has 0 bridgehead atoms. The summed E-state index contributed by atoms with van der Waals surface area (Å²) in [5.41, 5.74) is 4.14. The van der Waals surface area contributed by atoms with Gasteiger partial charge in [0.1, 0.15) is 5.70 Å². The zero-order valence-corrected chi connectivity index (χ0v) is 25.4. The van der Waals surface area contributed by atoms with Crippen LogP contribution in [0.1, 0.15) is 22.8 Å². The van der Waals surface area contributed by atoms with Gasteiger partial charge in [-0.05, 0) is 67.1 Å². The highest BCUT2D eigenvalue weighted by molar-refractivity contribution is 8.15. The Hall–Kier alpha value is -5.25. The molecule has 0 spiro atoms. The normalized spacial score (nSPS) is 14.4. The second kappa shape index (κ2) is 12.8. The molecule has 10 heteroatoms. The van der Waals surface area contributed by atoms with Crippen molar-refractivity contribution in [2.45, 2.75) is 12.2 Å². The maximum Gasteiger partial charge on any atom is 0.336 e. The van der Waals surface area contributed by atoms with Crippen molar-refractivity contribution in [1.82, 2.24) is 4.98 Å². The van der Waals surface area contributed by atoms with Crippen molar-refractivity contribution in [3.05, 3.63) is 131 Å². The number of carbonyl (C=O) groups is 3. The number of pyridine rings is 1. The maximum atomic E-state index is 13.5. The molecule has 6 rings (SSSR count). The lowest BCUT2D eigenvalue weighted by atomic mass is 10.0. The predicted molar refractivity (Wildman–Crippen MR) is 181 cm³/mol. The third-order valence-corrected chi connectivity index (χ3v) is 8.33. The summed E-state index contributed by atoms with van der Waals surface area (Å²) in [4.78, 5) is 49.4. The van der Waals surface area contributed by atoms with Crippen molar-refractivity contribution in [2.24, 2.45) is 4.99 Å². The van der Waals surface area contributed by atoms with E-state index in [1.54, 1.807) is 79.7 Å². The van der Waals surface area contributed by atoms with E-state index in [0.29, 0.717) is 43.7 Å². The van der Waals surface area contributed by atoms with E-state index in [1.165, 1.54) is 16.7 Å². The van der Waals surface area contributed by atoms with Gasteiger partial charge in [0.15, 0.2) is 5.17 Å². The highest BCUT2D eigenvalue weighted by Gasteiger charge is 2.34. The molecule has 0 saturated carbocycles. The number of anilines is 2. The summed E-state index contributed by atoms with van der Waals surface area (Å²) in [5, 5.41) is 13.5. The number of amidine groups is 1. The number of fused-ring (bicyclic) bond motifs is 1. The average Bonchev–Trinajstić information content (AvgIpc) is 3.34. The lowest BCUT2D eigenvalue weighted by molar-refractivity contribution is -0.115. The minimum atomic E-state index is -1.03. The topological polar surface area (TPSA) is 112 Å². The van der Waals surface area contributed by atoms with E-state index in [0.717, 1.165) is 5.56 Å². The van der Waals surface area contributed by atoms with Crippen LogP contribution >= 0.6 is 23.4 Å². The first kappa shape index (κ1) is 29.8. The van der Waals surface area contributed by atoms with Crippen LogP contribution in [-0.4, -0.2) is 38.3 Å². The monoisotopic (exact) mass is 632 g/mol. The number of amides is 2. The number of carbonyl (C=O) groups excluding carboxylic acids is 2. The van der Waals surface area contributed by atoms with Crippen LogP contribution in [0.4, 0.5) is 11.4 Å². The molecule has 1 aliphatic heterocycles. The molecule has 1 aliphatic rings. The number of aromatic nitrogens is 1. The minimum absolute atomic E-state index is 0.169. The molecule has 1 atom stereocenters. The number of thioether (sulfide) groups is 1. The Morgan fingerprint density at radius 2 is 1.67 bits per heavy atom. The lowest BCUT2D eigenvalue weighted by Crippen LogP contribution is -2.33. The molecule has 0 radical (unpaired) electrons. The highest BCUT2D eigenvalue weighted by Crippen LogP contribution is 2.32. The largest absolute Gasteiger partial charge is 0.478 e. The zero-order chi connectivity index (χ0) is 31.5. The molecule has 5 aromatic rings. The number of carboxylic acid groups (broad SMARTS) is 1. The molecular formula is C35H25ClN4O4S. The second-order valence-electron chi connectivity index (χ2n) is 10.2. The van der Waals surface area contributed by atoms with E-state index in [-0.39, 0.29) is 23.1 Å². The van der Waals surface area contributed by atoms with E-state index in [1.807, 2.05) is 42.5 Å². The van der Waals surface area contributed by atoms with Crippen molar-refractivity contribution in [3.63, 3.8) is 0 Å². The van der Waals surface area contributed by atoms with Crippen LogP contribution in [0.25, 0.3) is 28.2 Å². The Morgan fingerprint density at radius 1 is 0.933 bits per heavy atom. The van der Waals surface area contributed by atoms with Crippen LogP contribution in [0.2, 0.25) is 5.02 Å². The second-order valence-corrected chi connectivity index (χ2v) is 11.9. The van der Waals surface area contributed by atoms with Crippen molar-refractivity contribution in [2.75, 3.05) is 10.2 Å². The third kappa shape index (κ3) is 6.50. The number of rotatable bonds is 7. The molecular weight excluding hydrogens is 608 g/mol. The van der Waals surface area contributed by atoms with Gasteiger partial charge in [-0.3, -0.25) is 14.5 Å². The highest BCUT2D eigenvalue weighted by atomic mass is 35.5. The number of nitrogens with one attached hydrogen (secondary N) is 1. The SMILES string of the molecule is CC(SC1=N/C(=C\c2cccc(Cl)c2)C(=O)N1c1ccccc1)C(=O)Nc1ccc(-c2cc(C(=O)O)c3ccccc3n2)cc1. The van der Waals surface area contributed by atoms with Gasteiger partial charge in [-0.25, -0.2) is 14.8 Å².